The number of ketones is 1. The zero-order valence-electron chi connectivity index (χ0n) is 13.5. The maximum Gasteiger partial charge on any atom is 0.196 e. The number of carbonyl (C=O) groups is 1. The van der Waals surface area contributed by atoms with E-state index in [1.807, 2.05) is 0 Å². The monoisotopic (exact) mass is 328 g/mol. The van der Waals surface area contributed by atoms with E-state index in [1.54, 1.807) is 24.3 Å². The molecule has 0 N–H and O–H groups in total. The molecule has 2 aromatic rings. The van der Waals surface area contributed by atoms with Crippen LogP contribution in [0.15, 0.2) is 51.7 Å². The molecule has 0 bridgehead atoms. The van der Waals surface area contributed by atoms with Crippen LogP contribution in [0, 0.1) is 0 Å². The molecule has 0 spiro atoms. The first-order chi connectivity index (χ1) is 11.5. The van der Waals surface area contributed by atoms with Crippen LogP contribution >= 0.6 is 0 Å². The molecule has 6 heteroatoms. The number of carbonyl (C=O) groups excluding carboxylic acids is 1. The van der Waals surface area contributed by atoms with Crippen molar-refractivity contribution in [2.24, 2.45) is 0 Å². The van der Waals surface area contributed by atoms with E-state index in [9.17, 15) is 9.59 Å². The summed E-state index contributed by atoms with van der Waals surface area (Å²) in [6.07, 6.45) is 5.85. The van der Waals surface area contributed by atoms with Gasteiger partial charge >= 0.3 is 0 Å². The first-order valence-corrected chi connectivity index (χ1v) is 7.21. The molecule has 3 rings (SSSR count). The quantitative estimate of drug-likeness (QED) is 0.857. The molecule has 0 saturated heterocycles. The van der Waals surface area contributed by atoms with Gasteiger partial charge in [-0.3, -0.25) is 9.59 Å². The lowest BCUT2D eigenvalue weighted by atomic mass is 9.93. The first-order valence-electron chi connectivity index (χ1n) is 7.21. The predicted octanol–water partition coefficient (Wildman–Crippen LogP) is 2.35. The fraction of sp³-hybridized carbons (Fsp3) is 0.222. The summed E-state index contributed by atoms with van der Waals surface area (Å²) in [7, 11) is 4.45. The molecule has 6 nitrogen and oxygen atoms in total. The van der Waals surface area contributed by atoms with Crippen molar-refractivity contribution in [3.8, 4) is 11.5 Å². The summed E-state index contributed by atoms with van der Waals surface area (Å²) in [5.41, 5.74) is -1.08. The van der Waals surface area contributed by atoms with Crippen molar-refractivity contribution >= 4 is 16.8 Å². The highest BCUT2D eigenvalue weighted by atomic mass is 16.5. The Morgan fingerprint density at radius 3 is 2.25 bits per heavy atom. The Morgan fingerprint density at radius 2 is 1.67 bits per heavy atom. The summed E-state index contributed by atoms with van der Waals surface area (Å²) in [6, 6.07) is 4.56. The third-order valence-electron chi connectivity index (χ3n) is 3.94. The van der Waals surface area contributed by atoms with Gasteiger partial charge in [0.15, 0.2) is 16.8 Å². The van der Waals surface area contributed by atoms with E-state index in [2.05, 4.69) is 0 Å². The van der Waals surface area contributed by atoms with Crippen LogP contribution in [0.3, 0.4) is 0 Å². The lowest BCUT2D eigenvalue weighted by Gasteiger charge is -2.26. The van der Waals surface area contributed by atoms with Gasteiger partial charge in [-0.2, -0.15) is 0 Å². The third-order valence-corrected chi connectivity index (χ3v) is 3.94. The number of fused-ring (bicyclic) bond motifs is 1. The number of hydrogen-bond acceptors (Lipinski definition) is 6. The number of allylic oxidation sites excluding steroid dienone is 2. The van der Waals surface area contributed by atoms with Crippen molar-refractivity contribution in [3.63, 3.8) is 0 Å². The van der Waals surface area contributed by atoms with Gasteiger partial charge in [-0.25, -0.2) is 0 Å². The van der Waals surface area contributed by atoms with E-state index in [4.69, 9.17) is 18.6 Å². The van der Waals surface area contributed by atoms with E-state index < -0.39 is 5.60 Å². The second-order valence-corrected chi connectivity index (χ2v) is 5.24. The van der Waals surface area contributed by atoms with E-state index in [0.29, 0.717) is 22.5 Å². The SMILES string of the molecule is COc1cc(OC)c2c(=O)cc(C3(OC)C=CC(=O)C=C3)oc2c1. The summed E-state index contributed by atoms with van der Waals surface area (Å²) in [5.74, 6) is 0.962. The summed E-state index contributed by atoms with van der Waals surface area (Å²) in [6.45, 7) is 0. The van der Waals surface area contributed by atoms with Crippen LogP contribution in [0.4, 0.5) is 0 Å². The topological polar surface area (TPSA) is 75.0 Å². The van der Waals surface area contributed by atoms with Gasteiger partial charge in [0.25, 0.3) is 0 Å². The van der Waals surface area contributed by atoms with Gasteiger partial charge in [0.05, 0.1) is 14.2 Å². The Morgan fingerprint density at radius 1 is 0.958 bits per heavy atom. The zero-order chi connectivity index (χ0) is 17.3. The minimum Gasteiger partial charge on any atom is -0.496 e. The molecule has 0 atom stereocenters. The molecule has 1 aliphatic rings. The standard InChI is InChI=1S/C18H16O6/c1-21-12-8-14(22-2)17-13(20)10-16(24-15(17)9-12)18(23-3)6-4-11(19)5-7-18/h4-10H,1-3H3. The molecule has 0 unspecified atom stereocenters. The van der Waals surface area contributed by atoms with Crippen molar-refractivity contribution in [3.05, 3.63) is 58.5 Å². The Kier molecular flexibility index (Phi) is 3.99. The lowest BCUT2D eigenvalue weighted by Crippen LogP contribution is -2.27. The molecule has 0 radical (unpaired) electrons. The fourth-order valence-electron chi connectivity index (χ4n) is 2.62. The molecule has 0 fully saturated rings. The average Bonchev–Trinajstić information content (AvgIpc) is 2.61. The molecular weight excluding hydrogens is 312 g/mol. The van der Waals surface area contributed by atoms with E-state index in [0.717, 1.165) is 0 Å². The molecule has 124 valence electrons. The highest BCUT2D eigenvalue weighted by molar-refractivity contribution is 6.00. The number of ether oxygens (including phenoxy) is 3. The molecule has 1 aromatic heterocycles. The second-order valence-electron chi connectivity index (χ2n) is 5.24. The molecule has 1 aromatic carbocycles. The first kappa shape index (κ1) is 16.0. The summed E-state index contributed by atoms with van der Waals surface area (Å²) >= 11 is 0. The van der Waals surface area contributed by atoms with Gasteiger partial charge in [0, 0.05) is 25.3 Å². The Labute approximate surface area is 137 Å². The highest BCUT2D eigenvalue weighted by Gasteiger charge is 2.32. The van der Waals surface area contributed by atoms with Crippen molar-refractivity contribution in [2.75, 3.05) is 21.3 Å². The second kappa shape index (κ2) is 5.98. The molecule has 0 amide bonds. The number of hydrogen-bond donors (Lipinski definition) is 0. The van der Waals surface area contributed by atoms with Crippen LogP contribution in [-0.4, -0.2) is 27.1 Å². The Bertz CT molecular complexity index is 903. The predicted molar refractivity (Wildman–Crippen MR) is 87.6 cm³/mol. The Balaban J connectivity index is 2.28. The van der Waals surface area contributed by atoms with Gasteiger partial charge in [-0.15, -0.1) is 0 Å². The van der Waals surface area contributed by atoms with Crippen LogP contribution in [0.25, 0.3) is 11.0 Å². The van der Waals surface area contributed by atoms with E-state index >= 15 is 0 Å². The van der Waals surface area contributed by atoms with Gasteiger partial charge in [-0.05, 0) is 24.3 Å². The number of methoxy groups -OCH3 is 3. The van der Waals surface area contributed by atoms with E-state index in [-0.39, 0.29) is 17.0 Å². The van der Waals surface area contributed by atoms with Crippen LogP contribution in [0.2, 0.25) is 0 Å². The summed E-state index contributed by atoms with van der Waals surface area (Å²) < 4.78 is 21.9. The summed E-state index contributed by atoms with van der Waals surface area (Å²) in [4.78, 5) is 24.0. The van der Waals surface area contributed by atoms with Gasteiger partial charge < -0.3 is 18.6 Å². The largest absolute Gasteiger partial charge is 0.496 e. The normalized spacial score (nSPS) is 15.7. The Hall–Kier alpha value is -2.86. The lowest BCUT2D eigenvalue weighted by molar-refractivity contribution is -0.110. The molecule has 24 heavy (non-hydrogen) atoms. The minimum absolute atomic E-state index is 0.158. The third kappa shape index (κ3) is 2.51. The van der Waals surface area contributed by atoms with Crippen molar-refractivity contribution in [1.82, 2.24) is 0 Å². The van der Waals surface area contributed by atoms with Crippen molar-refractivity contribution in [1.29, 1.82) is 0 Å². The average molecular weight is 328 g/mol. The molecule has 0 aliphatic heterocycles. The van der Waals surface area contributed by atoms with Crippen LogP contribution in [0.5, 0.6) is 11.5 Å². The fourth-order valence-corrected chi connectivity index (χ4v) is 2.62. The van der Waals surface area contributed by atoms with Crippen molar-refractivity contribution < 1.29 is 23.4 Å². The minimum atomic E-state index is -1.11. The maximum absolute atomic E-state index is 12.6. The number of benzene rings is 1. The van der Waals surface area contributed by atoms with Gasteiger partial charge in [-0.1, -0.05) is 0 Å². The van der Waals surface area contributed by atoms with Gasteiger partial charge in [0.2, 0.25) is 0 Å². The molecular formula is C18H16O6. The van der Waals surface area contributed by atoms with Crippen molar-refractivity contribution in [2.45, 2.75) is 5.60 Å². The molecule has 1 aliphatic carbocycles. The van der Waals surface area contributed by atoms with Crippen LogP contribution < -0.4 is 14.9 Å². The summed E-state index contributed by atoms with van der Waals surface area (Å²) in [5, 5.41) is 0.313. The van der Waals surface area contributed by atoms with Crippen LogP contribution in [-0.2, 0) is 15.1 Å². The number of rotatable bonds is 4. The van der Waals surface area contributed by atoms with Gasteiger partial charge in [0.1, 0.15) is 28.2 Å². The highest BCUT2D eigenvalue weighted by Crippen LogP contribution is 2.35. The maximum atomic E-state index is 12.6. The zero-order valence-corrected chi connectivity index (χ0v) is 13.5. The van der Waals surface area contributed by atoms with Crippen LogP contribution in [0.1, 0.15) is 5.76 Å². The van der Waals surface area contributed by atoms with E-state index in [1.165, 1.54) is 39.5 Å². The smallest absolute Gasteiger partial charge is 0.196 e. The molecule has 0 saturated carbocycles. The molecule has 1 heterocycles.